The van der Waals surface area contributed by atoms with Gasteiger partial charge in [-0.15, -0.1) is 0 Å². The quantitative estimate of drug-likeness (QED) is 0.581. The molecule has 11 heteroatoms. The highest BCUT2D eigenvalue weighted by Gasteiger charge is 2.34. The van der Waals surface area contributed by atoms with Crippen LogP contribution in [-0.4, -0.2) is 39.8 Å². The minimum atomic E-state index is -3.00. The number of nitrogens with zero attached hydrogens (tertiary/aromatic N) is 4. The largest absolute Gasteiger partial charge is 0.493 e. The maximum absolute atomic E-state index is 13.5. The molecule has 172 valence electrons. The summed E-state index contributed by atoms with van der Waals surface area (Å²) in [6.07, 6.45) is 0. The molecule has 33 heavy (non-hydrogen) atoms. The van der Waals surface area contributed by atoms with Gasteiger partial charge in [-0.2, -0.15) is 13.5 Å². The highest BCUT2D eigenvalue weighted by Crippen LogP contribution is 2.39. The smallest absolute Gasteiger partial charge is 0.387 e. The zero-order chi connectivity index (χ0) is 23.7. The molecular weight excluding hydrogens is 434 g/mol. The highest BCUT2D eigenvalue weighted by molar-refractivity contribution is 6.06. The van der Waals surface area contributed by atoms with E-state index in [1.165, 1.54) is 23.9 Å². The Labute approximate surface area is 188 Å². The fourth-order valence-electron chi connectivity index (χ4n) is 3.81. The lowest BCUT2D eigenvalue weighted by molar-refractivity contribution is -0.113. The summed E-state index contributed by atoms with van der Waals surface area (Å²) in [4.78, 5) is 13.5. The van der Waals surface area contributed by atoms with Crippen molar-refractivity contribution >= 4 is 17.5 Å². The number of halogens is 2. The van der Waals surface area contributed by atoms with E-state index in [0.717, 1.165) is 11.1 Å². The van der Waals surface area contributed by atoms with Gasteiger partial charge in [0.15, 0.2) is 11.5 Å². The molecular formula is C22H22F2N6O3. The summed E-state index contributed by atoms with van der Waals surface area (Å²) in [6.45, 7) is 2.62. The predicted molar refractivity (Wildman–Crippen MR) is 116 cm³/mol. The van der Waals surface area contributed by atoms with Crippen molar-refractivity contribution < 1.29 is 23.0 Å². The molecule has 9 nitrogen and oxygen atoms in total. The summed E-state index contributed by atoms with van der Waals surface area (Å²) in [7, 11) is 1.34. The summed E-state index contributed by atoms with van der Waals surface area (Å²) in [5.41, 5.74) is 4.13. The van der Waals surface area contributed by atoms with Gasteiger partial charge in [-0.25, -0.2) is 0 Å². The third kappa shape index (κ3) is 4.34. The third-order valence-corrected chi connectivity index (χ3v) is 5.31. The number of hydrogen-bond acceptors (Lipinski definition) is 7. The van der Waals surface area contributed by atoms with Crippen LogP contribution in [0.2, 0.25) is 0 Å². The monoisotopic (exact) mass is 456 g/mol. The number of nitrogens with one attached hydrogen (secondary N) is 2. The van der Waals surface area contributed by atoms with E-state index in [1.54, 1.807) is 13.0 Å². The number of methoxy groups -OCH3 is 1. The zero-order valence-electron chi connectivity index (χ0n) is 18.4. The van der Waals surface area contributed by atoms with Crippen LogP contribution in [-0.2, 0) is 4.79 Å². The Morgan fingerprint density at radius 1 is 1.15 bits per heavy atom. The van der Waals surface area contributed by atoms with Gasteiger partial charge in [-0.1, -0.05) is 28.9 Å². The Hall–Kier alpha value is -4.02. The average molecular weight is 456 g/mol. The third-order valence-electron chi connectivity index (χ3n) is 5.31. The molecule has 0 unspecified atom stereocenters. The Morgan fingerprint density at radius 3 is 2.64 bits per heavy atom. The van der Waals surface area contributed by atoms with E-state index >= 15 is 0 Å². The number of hydrogen-bond donors (Lipinski definition) is 2. The van der Waals surface area contributed by atoms with Gasteiger partial charge >= 0.3 is 6.61 Å². The number of tetrazole rings is 1. The number of anilines is 2. The van der Waals surface area contributed by atoms with Gasteiger partial charge in [0.05, 0.1) is 12.7 Å². The fourth-order valence-corrected chi connectivity index (χ4v) is 3.81. The molecule has 0 saturated heterocycles. The lowest BCUT2D eigenvalue weighted by Gasteiger charge is -2.28. The number of benzene rings is 2. The number of carbonyl (C=O) groups is 1. The number of ether oxygens (including phenoxy) is 2. The standard InChI is InChI=1S/C22H22F2N6O3/c1-11-5-7-15(12(2)9-11)26-20(31)18-13(3)25-22-27-28-29-30(22)19(18)14-6-8-16(33-21(23)24)17(10-14)32-4/h5-10,19,21H,1-4H3,(H,26,31)(H,25,27,29)/t19-/m1/s1. The van der Waals surface area contributed by atoms with Crippen molar-refractivity contribution in [3.63, 3.8) is 0 Å². The van der Waals surface area contributed by atoms with E-state index in [9.17, 15) is 13.6 Å². The first kappa shape index (κ1) is 22.2. The molecule has 0 aliphatic carbocycles. The lowest BCUT2D eigenvalue weighted by Crippen LogP contribution is -2.31. The number of carbonyl (C=O) groups excluding carboxylic acids is 1. The molecule has 1 amide bonds. The predicted octanol–water partition coefficient (Wildman–Crippen LogP) is 3.83. The van der Waals surface area contributed by atoms with Crippen LogP contribution in [0.3, 0.4) is 0 Å². The molecule has 0 fully saturated rings. The van der Waals surface area contributed by atoms with Crippen LogP contribution < -0.4 is 20.1 Å². The molecule has 1 atom stereocenters. The summed E-state index contributed by atoms with van der Waals surface area (Å²) < 4.78 is 36.7. The van der Waals surface area contributed by atoms with E-state index in [0.29, 0.717) is 28.5 Å². The van der Waals surface area contributed by atoms with Crippen LogP contribution >= 0.6 is 0 Å². The minimum Gasteiger partial charge on any atom is -0.493 e. The second kappa shape index (κ2) is 8.85. The molecule has 3 aromatic rings. The molecule has 1 aromatic heterocycles. The maximum atomic E-state index is 13.5. The van der Waals surface area contributed by atoms with Gasteiger partial charge in [0.1, 0.15) is 6.04 Å². The van der Waals surface area contributed by atoms with Crippen LogP contribution in [0.4, 0.5) is 20.4 Å². The molecule has 2 N–H and O–H groups in total. The Bertz CT molecular complexity index is 1240. The van der Waals surface area contributed by atoms with Crippen LogP contribution in [0.15, 0.2) is 47.7 Å². The summed E-state index contributed by atoms with van der Waals surface area (Å²) in [5.74, 6) is -0.0470. The Morgan fingerprint density at radius 2 is 1.94 bits per heavy atom. The maximum Gasteiger partial charge on any atom is 0.387 e. The van der Waals surface area contributed by atoms with Gasteiger partial charge in [-0.05, 0) is 60.5 Å². The number of fused-ring (bicyclic) bond motifs is 1. The average Bonchev–Trinajstić information content (AvgIpc) is 3.22. The van der Waals surface area contributed by atoms with Gasteiger partial charge in [0.25, 0.3) is 5.91 Å². The second-order valence-electron chi connectivity index (χ2n) is 7.57. The first-order valence-electron chi connectivity index (χ1n) is 10.1. The van der Waals surface area contributed by atoms with Crippen molar-refractivity contribution in [1.29, 1.82) is 0 Å². The SMILES string of the molecule is COc1cc([C@@H]2C(C(=O)Nc3ccc(C)cc3C)=C(C)Nc3nnnn32)ccc1OC(F)F. The second-order valence-corrected chi connectivity index (χ2v) is 7.57. The molecule has 0 radical (unpaired) electrons. The molecule has 2 heterocycles. The van der Waals surface area contributed by atoms with Gasteiger partial charge < -0.3 is 20.1 Å². The molecule has 0 spiro atoms. The number of amides is 1. The molecule has 1 aliphatic rings. The number of rotatable bonds is 6. The summed E-state index contributed by atoms with van der Waals surface area (Å²) in [5, 5.41) is 17.7. The molecule has 4 rings (SSSR count). The van der Waals surface area contributed by atoms with Crippen molar-refractivity contribution in [3.8, 4) is 11.5 Å². The van der Waals surface area contributed by atoms with Crippen molar-refractivity contribution in [2.24, 2.45) is 0 Å². The van der Waals surface area contributed by atoms with E-state index in [2.05, 4.69) is 30.9 Å². The first-order valence-corrected chi connectivity index (χ1v) is 10.1. The summed E-state index contributed by atoms with van der Waals surface area (Å²) >= 11 is 0. The zero-order valence-corrected chi connectivity index (χ0v) is 18.4. The van der Waals surface area contributed by atoms with E-state index in [4.69, 9.17) is 4.74 Å². The van der Waals surface area contributed by atoms with Crippen LogP contribution in [0.5, 0.6) is 11.5 Å². The number of aromatic nitrogens is 4. The lowest BCUT2D eigenvalue weighted by atomic mass is 9.94. The van der Waals surface area contributed by atoms with E-state index in [1.807, 2.05) is 32.0 Å². The van der Waals surface area contributed by atoms with Crippen LogP contribution in [0.25, 0.3) is 0 Å². The number of allylic oxidation sites excluding steroid dienone is 1. The Balaban J connectivity index is 1.76. The van der Waals surface area contributed by atoms with Crippen molar-refractivity contribution in [2.75, 3.05) is 17.7 Å². The van der Waals surface area contributed by atoms with E-state index in [-0.39, 0.29) is 17.4 Å². The van der Waals surface area contributed by atoms with Crippen molar-refractivity contribution in [2.45, 2.75) is 33.4 Å². The van der Waals surface area contributed by atoms with Gasteiger partial charge in [0.2, 0.25) is 5.95 Å². The Kier molecular flexibility index (Phi) is 5.95. The highest BCUT2D eigenvalue weighted by atomic mass is 19.3. The van der Waals surface area contributed by atoms with Gasteiger partial charge in [0, 0.05) is 11.4 Å². The van der Waals surface area contributed by atoms with Crippen LogP contribution in [0.1, 0.15) is 29.7 Å². The normalized spacial score (nSPS) is 15.2. The molecule has 1 aliphatic heterocycles. The van der Waals surface area contributed by atoms with Gasteiger partial charge in [-0.3, -0.25) is 4.79 Å². The topological polar surface area (TPSA) is 103 Å². The van der Waals surface area contributed by atoms with Crippen molar-refractivity contribution in [1.82, 2.24) is 20.2 Å². The molecule has 2 aromatic carbocycles. The van der Waals surface area contributed by atoms with Crippen molar-refractivity contribution in [3.05, 3.63) is 64.4 Å². The van der Waals surface area contributed by atoms with Crippen LogP contribution in [0, 0.1) is 13.8 Å². The first-order chi connectivity index (χ1) is 15.8. The minimum absolute atomic E-state index is 0.0905. The molecule has 0 bridgehead atoms. The number of aryl methyl sites for hydroxylation is 2. The fraction of sp³-hybridized carbons (Fsp3) is 0.273. The summed E-state index contributed by atoms with van der Waals surface area (Å²) in [6, 6.07) is 9.44. The molecule has 0 saturated carbocycles. The van der Waals surface area contributed by atoms with E-state index < -0.39 is 12.7 Å². The number of alkyl halides is 2.